The molecule has 0 saturated heterocycles. The van der Waals surface area contributed by atoms with E-state index in [0.717, 1.165) is 12.2 Å². The lowest BCUT2D eigenvalue weighted by molar-refractivity contribution is 0.0944. The fourth-order valence-corrected chi connectivity index (χ4v) is 3.27. The van der Waals surface area contributed by atoms with Gasteiger partial charge in [-0.3, -0.25) is 4.79 Å². The summed E-state index contributed by atoms with van der Waals surface area (Å²) in [6.45, 7) is 5.31. The van der Waals surface area contributed by atoms with Crippen LogP contribution in [0.5, 0.6) is 5.75 Å². The Morgan fingerprint density at radius 3 is 2.55 bits per heavy atom. The Morgan fingerprint density at radius 2 is 1.93 bits per heavy atom. The Kier molecular flexibility index (Phi) is 8.88. The third-order valence-corrected chi connectivity index (χ3v) is 4.96. The lowest BCUT2D eigenvalue weighted by Gasteiger charge is -2.26. The molecular formula is C20H28N4O4S. The smallest absolute Gasteiger partial charge is 0.322 e. The van der Waals surface area contributed by atoms with Gasteiger partial charge in [-0.15, -0.1) is 11.3 Å². The van der Waals surface area contributed by atoms with Crippen LogP contribution in [0.4, 0.5) is 10.5 Å². The Bertz CT molecular complexity index is 792. The van der Waals surface area contributed by atoms with Crippen molar-refractivity contribution in [3.8, 4) is 5.75 Å². The van der Waals surface area contributed by atoms with E-state index < -0.39 is 0 Å². The molecule has 0 aliphatic heterocycles. The molecule has 0 atom stereocenters. The monoisotopic (exact) mass is 420 g/mol. The van der Waals surface area contributed by atoms with Gasteiger partial charge >= 0.3 is 6.03 Å². The molecule has 3 amide bonds. The number of rotatable bonds is 10. The van der Waals surface area contributed by atoms with E-state index in [2.05, 4.69) is 15.6 Å². The highest BCUT2D eigenvalue weighted by atomic mass is 32.1. The van der Waals surface area contributed by atoms with Crippen molar-refractivity contribution in [1.82, 2.24) is 15.2 Å². The van der Waals surface area contributed by atoms with Crippen LogP contribution in [0.2, 0.25) is 0 Å². The largest absolute Gasteiger partial charge is 0.497 e. The number of carbonyl (C=O) groups is 2. The fraction of sp³-hybridized carbons (Fsp3) is 0.450. The number of hydrogen-bond donors (Lipinski definition) is 2. The number of amides is 3. The number of methoxy groups -OCH3 is 2. The van der Waals surface area contributed by atoms with Gasteiger partial charge in [0.05, 0.1) is 13.7 Å². The van der Waals surface area contributed by atoms with Gasteiger partial charge in [0, 0.05) is 37.4 Å². The molecule has 0 bridgehead atoms. The highest BCUT2D eigenvalue weighted by Gasteiger charge is 2.20. The van der Waals surface area contributed by atoms with Crippen LogP contribution in [0.25, 0.3) is 0 Å². The number of nitrogens with one attached hydrogen (secondary N) is 2. The van der Waals surface area contributed by atoms with E-state index in [9.17, 15) is 9.59 Å². The predicted octanol–water partition coefficient (Wildman–Crippen LogP) is 3.36. The van der Waals surface area contributed by atoms with Crippen molar-refractivity contribution in [2.75, 3.05) is 32.7 Å². The molecule has 29 heavy (non-hydrogen) atoms. The number of thiazole rings is 1. The highest BCUT2D eigenvalue weighted by Crippen LogP contribution is 2.18. The van der Waals surface area contributed by atoms with Gasteiger partial charge in [0.25, 0.3) is 5.91 Å². The van der Waals surface area contributed by atoms with Crippen LogP contribution in [0, 0.1) is 0 Å². The maximum atomic E-state index is 12.7. The average Bonchev–Trinajstić information content (AvgIpc) is 3.18. The molecule has 158 valence electrons. The third-order valence-electron chi connectivity index (χ3n) is 4.13. The molecule has 0 aliphatic rings. The van der Waals surface area contributed by atoms with E-state index in [1.54, 1.807) is 48.8 Å². The number of urea groups is 1. The number of anilines is 1. The summed E-state index contributed by atoms with van der Waals surface area (Å²) < 4.78 is 10.1. The van der Waals surface area contributed by atoms with E-state index in [0.29, 0.717) is 36.1 Å². The van der Waals surface area contributed by atoms with E-state index in [4.69, 9.17) is 9.47 Å². The molecule has 2 aromatic rings. The van der Waals surface area contributed by atoms with Crippen molar-refractivity contribution < 1.29 is 19.1 Å². The summed E-state index contributed by atoms with van der Waals surface area (Å²) in [4.78, 5) is 30.9. The van der Waals surface area contributed by atoms with Gasteiger partial charge in [0.1, 0.15) is 16.5 Å². The van der Waals surface area contributed by atoms with Crippen LogP contribution in [0.1, 0.15) is 35.8 Å². The van der Waals surface area contributed by atoms with Crippen LogP contribution in [0.15, 0.2) is 29.6 Å². The summed E-state index contributed by atoms with van der Waals surface area (Å²) in [5.74, 6) is 0.502. The van der Waals surface area contributed by atoms with Gasteiger partial charge in [-0.05, 0) is 44.5 Å². The highest BCUT2D eigenvalue weighted by molar-refractivity contribution is 7.09. The molecule has 1 aromatic heterocycles. The van der Waals surface area contributed by atoms with Crippen molar-refractivity contribution in [2.24, 2.45) is 0 Å². The van der Waals surface area contributed by atoms with E-state index in [1.165, 1.54) is 11.3 Å². The maximum Gasteiger partial charge on any atom is 0.322 e. The van der Waals surface area contributed by atoms with Gasteiger partial charge in [-0.2, -0.15) is 0 Å². The second-order valence-corrected chi connectivity index (χ2v) is 7.55. The first-order valence-corrected chi connectivity index (χ1v) is 10.3. The fourth-order valence-electron chi connectivity index (χ4n) is 2.50. The molecule has 1 heterocycles. The summed E-state index contributed by atoms with van der Waals surface area (Å²) in [7, 11) is 3.22. The van der Waals surface area contributed by atoms with Crippen molar-refractivity contribution in [1.29, 1.82) is 0 Å². The van der Waals surface area contributed by atoms with Crippen LogP contribution in [-0.4, -0.2) is 55.2 Å². The van der Waals surface area contributed by atoms with Gasteiger partial charge < -0.3 is 25.0 Å². The minimum absolute atomic E-state index is 0.0385. The van der Waals surface area contributed by atoms with Crippen LogP contribution < -0.4 is 15.4 Å². The minimum Gasteiger partial charge on any atom is -0.497 e. The molecule has 2 N–H and O–H groups in total. The summed E-state index contributed by atoms with van der Waals surface area (Å²) >= 11 is 1.36. The number of aromatic nitrogens is 1. The molecule has 0 fully saturated rings. The van der Waals surface area contributed by atoms with Crippen molar-refractivity contribution in [3.05, 3.63) is 40.3 Å². The van der Waals surface area contributed by atoms with Crippen molar-refractivity contribution >= 4 is 29.0 Å². The first kappa shape index (κ1) is 22.6. The Labute approximate surface area is 175 Å². The Hall–Kier alpha value is -2.65. The molecule has 0 unspecified atom stereocenters. The van der Waals surface area contributed by atoms with Crippen LogP contribution in [-0.2, 0) is 11.3 Å². The molecule has 0 saturated carbocycles. The lowest BCUT2D eigenvalue weighted by Crippen LogP contribution is -2.39. The van der Waals surface area contributed by atoms with Gasteiger partial charge in [-0.1, -0.05) is 0 Å². The molecule has 0 radical (unpaired) electrons. The number of benzene rings is 1. The molecule has 2 rings (SSSR count). The van der Waals surface area contributed by atoms with E-state index in [-0.39, 0.29) is 18.0 Å². The minimum atomic E-state index is -0.231. The van der Waals surface area contributed by atoms with E-state index in [1.807, 2.05) is 13.8 Å². The summed E-state index contributed by atoms with van der Waals surface area (Å²) in [5, 5.41) is 8.10. The van der Waals surface area contributed by atoms with Crippen molar-refractivity contribution in [3.63, 3.8) is 0 Å². The molecule has 1 aromatic carbocycles. The Morgan fingerprint density at radius 1 is 1.21 bits per heavy atom. The zero-order valence-electron chi connectivity index (χ0n) is 17.2. The second kappa shape index (κ2) is 11.4. The topological polar surface area (TPSA) is 92.8 Å². The first-order valence-electron chi connectivity index (χ1n) is 9.37. The van der Waals surface area contributed by atoms with E-state index >= 15 is 0 Å². The summed E-state index contributed by atoms with van der Waals surface area (Å²) in [6.07, 6.45) is 0.742. The molecule has 0 aliphatic carbocycles. The first-order chi connectivity index (χ1) is 13.9. The molecule has 8 nitrogen and oxygen atoms in total. The zero-order chi connectivity index (χ0) is 21.2. The summed E-state index contributed by atoms with van der Waals surface area (Å²) in [6, 6.07) is 6.87. The zero-order valence-corrected chi connectivity index (χ0v) is 18.0. The number of carbonyl (C=O) groups excluding carboxylic acids is 2. The van der Waals surface area contributed by atoms with Gasteiger partial charge in [0.2, 0.25) is 0 Å². The SMILES string of the molecule is COCCCNC(=O)c1csc(CN(C(=O)Nc2ccc(OC)cc2)C(C)C)n1. The summed E-state index contributed by atoms with van der Waals surface area (Å²) in [5.41, 5.74) is 1.04. The Balaban J connectivity index is 1.96. The number of hydrogen-bond acceptors (Lipinski definition) is 6. The molecule has 0 spiro atoms. The molecular weight excluding hydrogens is 392 g/mol. The standard InChI is InChI=1S/C20H28N4O4S/c1-14(2)24(20(26)22-15-6-8-16(28-4)9-7-15)12-18-23-17(13-29-18)19(25)21-10-5-11-27-3/h6-9,13-14H,5,10-12H2,1-4H3,(H,21,25)(H,22,26). The maximum absolute atomic E-state index is 12.7. The molecule has 9 heteroatoms. The second-order valence-electron chi connectivity index (χ2n) is 6.61. The van der Waals surface area contributed by atoms with Gasteiger partial charge in [0.15, 0.2) is 0 Å². The third kappa shape index (κ3) is 7.03. The number of ether oxygens (including phenoxy) is 2. The van der Waals surface area contributed by atoms with Crippen LogP contribution >= 0.6 is 11.3 Å². The normalized spacial score (nSPS) is 10.7. The average molecular weight is 421 g/mol. The van der Waals surface area contributed by atoms with Crippen LogP contribution in [0.3, 0.4) is 0 Å². The number of nitrogens with zero attached hydrogens (tertiary/aromatic N) is 2. The predicted molar refractivity (Wildman–Crippen MR) is 114 cm³/mol. The van der Waals surface area contributed by atoms with Gasteiger partial charge in [-0.25, -0.2) is 9.78 Å². The van der Waals surface area contributed by atoms with Crippen molar-refractivity contribution in [2.45, 2.75) is 32.9 Å². The lowest BCUT2D eigenvalue weighted by atomic mass is 10.3. The quantitative estimate of drug-likeness (QED) is 0.575.